The number of benzene rings is 1. The molecule has 0 aliphatic carbocycles. The fourth-order valence-corrected chi connectivity index (χ4v) is 2.10. The van der Waals surface area contributed by atoms with Gasteiger partial charge in [-0.3, -0.25) is 24.8 Å². The van der Waals surface area contributed by atoms with E-state index in [9.17, 15) is 14.4 Å². The molecule has 1 fully saturated rings. The number of methoxy groups -OCH3 is 1. The topological polar surface area (TPSA) is 84.9 Å². The van der Waals surface area contributed by atoms with E-state index >= 15 is 0 Å². The van der Waals surface area contributed by atoms with Crippen LogP contribution in [0.2, 0.25) is 0 Å². The molecule has 1 heterocycles. The lowest BCUT2D eigenvalue weighted by atomic mass is 10.0. The van der Waals surface area contributed by atoms with Crippen LogP contribution in [0.1, 0.15) is 12.0 Å². The van der Waals surface area contributed by atoms with Crippen molar-refractivity contribution < 1.29 is 23.9 Å². The molecule has 1 atom stereocenters. The predicted octanol–water partition coefficient (Wildman–Crippen LogP) is 0.427. The van der Waals surface area contributed by atoms with Gasteiger partial charge in [-0.2, -0.15) is 0 Å². The molecule has 118 valence electrons. The van der Waals surface area contributed by atoms with Gasteiger partial charge in [-0.1, -0.05) is 17.7 Å². The van der Waals surface area contributed by atoms with E-state index in [2.05, 4.69) is 10.2 Å². The molecule has 0 saturated carbocycles. The molecule has 7 nitrogen and oxygen atoms in total. The molecule has 1 N–H and O–H groups in total. The standard InChI is InChI=1S/C15H18N2O5/c1-10-3-5-12(6-4-10)22-9-14(19)17-8-11(15(20)21-2)7-13(18)16-17/h3-6,11H,7-9H2,1-2H3,(H,16,18). The summed E-state index contributed by atoms with van der Waals surface area (Å²) in [6.45, 7) is 1.80. The summed E-state index contributed by atoms with van der Waals surface area (Å²) in [5.74, 6) is -1.42. The maximum absolute atomic E-state index is 12.1. The summed E-state index contributed by atoms with van der Waals surface area (Å²) in [7, 11) is 1.25. The van der Waals surface area contributed by atoms with Crippen LogP contribution in [0, 0.1) is 12.8 Å². The van der Waals surface area contributed by atoms with Gasteiger partial charge in [-0.15, -0.1) is 0 Å². The second kappa shape index (κ2) is 6.93. The second-order valence-corrected chi connectivity index (χ2v) is 5.07. The lowest BCUT2D eigenvalue weighted by molar-refractivity contribution is -0.157. The van der Waals surface area contributed by atoms with Crippen LogP contribution in [-0.2, 0) is 19.1 Å². The highest BCUT2D eigenvalue weighted by Gasteiger charge is 2.33. The summed E-state index contributed by atoms with van der Waals surface area (Å²) in [6.07, 6.45) is 0.00920. The van der Waals surface area contributed by atoms with E-state index in [1.165, 1.54) is 7.11 Å². The molecule has 1 saturated heterocycles. The number of hydrazine groups is 1. The third kappa shape index (κ3) is 3.97. The van der Waals surface area contributed by atoms with Crippen molar-refractivity contribution in [2.45, 2.75) is 13.3 Å². The molecular weight excluding hydrogens is 288 g/mol. The van der Waals surface area contributed by atoms with Gasteiger partial charge >= 0.3 is 5.97 Å². The maximum atomic E-state index is 12.1. The van der Waals surface area contributed by atoms with E-state index < -0.39 is 23.7 Å². The average molecular weight is 306 g/mol. The molecule has 7 heteroatoms. The Balaban J connectivity index is 1.92. The van der Waals surface area contributed by atoms with Crippen LogP contribution in [0.15, 0.2) is 24.3 Å². The summed E-state index contributed by atoms with van der Waals surface area (Å²) in [5, 5.41) is 1.10. The molecule has 1 aromatic rings. The number of esters is 1. The molecule has 1 aliphatic heterocycles. The summed E-state index contributed by atoms with van der Waals surface area (Å²) >= 11 is 0. The summed E-state index contributed by atoms with van der Waals surface area (Å²) in [4.78, 5) is 35.2. The van der Waals surface area contributed by atoms with Gasteiger partial charge in [-0.25, -0.2) is 0 Å². The highest BCUT2D eigenvalue weighted by atomic mass is 16.5. The van der Waals surface area contributed by atoms with Crippen molar-refractivity contribution in [3.05, 3.63) is 29.8 Å². The van der Waals surface area contributed by atoms with Crippen molar-refractivity contribution in [2.75, 3.05) is 20.3 Å². The Kier molecular flexibility index (Phi) is 4.98. The van der Waals surface area contributed by atoms with Gasteiger partial charge in [0, 0.05) is 6.42 Å². The van der Waals surface area contributed by atoms with Crippen molar-refractivity contribution in [1.82, 2.24) is 10.4 Å². The first-order valence-electron chi connectivity index (χ1n) is 6.86. The number of carbonyl (C=O) groups excluding carboxylic acids is 3. The molecule has 1 unspecified atom stereocenters. The Morgan fingerprint density at radius 3 is 2.64 bits per heavy atom. The Morgan fingerprint density at radius 2 is 2.00 bits per heavy atom. The number of aryl methyl sites for hydroxylation is 1. The summed E-state index contributed by atoms with van der Waals surface area (Å²) in [6, 6.07) is 7.26. The number of nitrogens with one attached hydrogen (secondary N) is 1. The van der Waals surface area contributed by atoms with Crippen LogP contribution in [0.3, 0.4) is 0 Å². The number of hydrogen-bond donors (Lipinski definition) is 1. The fraction of sp³-hybridized carbons (Fsp3) is 0.400. The quantitative estimate of drug-likeness (QED) is 0.815. The second-order valence-electron chi connectivity index (χ2n) is 5.07. The van der Waals surface area contributed by atoms with E-state index in [1.54, 1.807) is 12.1 Å². The van der Waals surface area contributed by atoms with Gasteiger partial charge in [0.1, 0.15) is 5.75 Å². The molecule has 0 spiro atoms. The third-order valence-corrected chi connectivity index (χ3v) is 3.31. The first kappa shape index (κ1) is 15.8. The van der Waals surface area contributed by atoms with E-state index in [0.29, 0.717) is 5.75 Å². The Bertz CT molecular complexity index is 570. The first-order valence-corrected chi connectivity index (χ1v) is 6.86. The molecule has 0 bridgehead atoms. The van der Waals surface area contributed by atoms with Gasteiger partial charge in [-0.05, 0) is 19.1 Å². The molecular formula is C15H18N2O5. The zero-order valence-corrected chi connectivity index (χ0v) is 12.5. The van der Waals surface area contributed by atoms with Crippen LogP contribution in [-0.4, -0.2) is 43.1 Å². The minimum atomic E-state index is -0.651. The van der Waals surface area contributed by atoms with E-state index in [-0.39, 0.29) is 19.6 Å². The predicted molar refractivity (Wildman–Crippen MR) is 76.7 cm³/mol. The van der Waals surface area contributed by atoms with Crippen LogP contribution in [0.4, 0.5) is 0 Å². The number of rotatable bonds is 4. The zero-order chi connectivity index (χ0) is 16.1. The largest absolute Gasteiger partial charge is 0.484 e. The van der Waals surface area contributed by atoms with Gasteiger partial charge in [0.15, 0.2) is 6.61 Å². The van der Waals surface area contributed by atoms with Crippen LogP contribution >= 0.6 is 0 Å². The van der Waals surface area contributed by atoms with E-state index in [1.807, 2.05) is 19.1 Å². The van der Waals surface area contributed by atoms with Crippen LogP contribution in [0.5, 0.6) is 5.75 Å². The fourth-order valence-electron chi connectivity index (χ4n) is 2.10. The van der Waals surface area contributed by atoms with Crippen molar-refractivity contribution in [2.24, 2.45) is 5.92 Å². The lowest BCUT2D eigenvalue weighted by Crippen LogP contribution is -2.55. The van der Waals surface area contributed by atoms with Gasteiger partial charge < -0.3 is 9.47 Å². The molecule has 2 rings (SSSR count). The minimum absolute atomic E-state index is 0.00920. The van der Waals surface area contributed by atoms with E-state index in [4.69, 9.17) is 4.74 Å². The number of hydrogen-bond acceptors (Lipinski definition) is 5. The average Bonchev–Trinajstić information content (AvgIpc) is 2.52. The smallest absolute Gasteiger partial charge is 0.311 e. The van der Waals surface area contributed by atoms with Crippen molar-refractivity contribution in [3.8, 4) is 5.75 Å². The molecule has 0 aromatic heterocycles. The normalized spacial score (nSPS) is 17.6. The van der Waals surface area contributed by atoms with Crippen molar-refractivity contribution >= 4 is 17.8 Å². The molecule has 1 aliphatic rings. The van der Waals surface area contributed by atoms with Crippen LogP contribution < -0.4 is 10.2 Å². The van der Waals surface area contributed by atoms with Gasteiger partial charge in [0.05, 0.1) is 19.6 Å². The highest BCUT2D eigenvalue weighted by Crippen LogP contribution is 2.14. The first-order chi connectivity index (χ1) is 10.5. The summed E-state index contributed by atoms with van der Waals surface area (Å²) < 4.78 is 9.99. The summed E-state index contributed by atoms with van der Waals surface area (Å²) in [5.41, 5.74) is 3.51. The Hall–Kier alpha value is -2.57. The van der Waals surface area contributed by atoms with Crippen molar-refractivity contribution in [1.29, 1.82) is 0 Å². The molecule has 22 heavy (non-hydrogen) atoms. The molecule has 1 aromatic carbocycles. The van der Waals surface area contributed by atoms with E-state index in [0.717, 1.165) is 10.6 Å². The van der Waals surface area contributed by atoms with Crippen molar-refractivity contribution in [3.63, 3.8) is 0 Å². The van der Waals surface area contributed by atoms with Gasteiger partial charge in [0.2, 0.25) is 5.91 Å². The monoisotopic (exact) mass is 306 g/mol. The molecule has 0 radical (unpaired) electrons. The Labute approximate surface area is 128 Å². The zero-order valence-electron chi connectivity index (χ0n) is 12.5. The highest BCUT2D eigenvalue weighted by molar-refractivity contribution is 5.88. The number of ether oxygens (including phenoxy) is 2. The molecule has 2 amide bonds. The maximum Gasteiger partial charge on any atom is 0.311 e. The Morgan fingerprint density at radius 1 is 1.32 bits per heavy atom. The third-order valence-electron chi connectivity index (χ3n) is 3.31. The number of amides is 2. The SMILES string of the molecule is COC(=O)C1CC(=O)NN(C(=O)COc2ccc(C)cc2)C1. The minimum Gasteiger partial charge on any atom is -0.484 e. The van der Waals surface area contributed by atoms with Crippen LogP contribution in [0.25, 0.3) is 0 Å². The van der Waals surface area contributed by atoms with Gasteiger partial charge in [0.25, 0.3) is 5.91 Å². The number of carbonyl (C=O) groups is 3. The lowest BCUT2D eigenvalue weighted by Gasteiger charge is -2.31. The number of nitrogens with zero attached hydrogens (tertiary/aromatic N) is 1.